The fourth-order valence-electron chi connectivity index (χ4n) is 7.49. The van der Waals surface area contributed by atoms with Gasteiger partial charge in [0.15, 0.2) is 6.10 Å². The molecule has 0 spiro atoms. The number of ether oxygens (including phenoxy) is 2. The molecule has 0 heterocycles. The van der Waals surface area contributed by atoms with Gasteiger partial charge in [0, 0.05) is 5.92 Å². The van der Waals surface area contributed by atoms with Crippen molar-refractivity contribution in [2.24, 2.45) is 29.6 Å². The number of carbonyl (C=O) groups excluding carboxylic acids is 3. The van der Waals surface area contributed by atoms with E-state index in [1.165, 1.54) is 30.7 Å². The Balaban J connectivity index is 1.26. The molecule has 1 aromatic carbocycles. The summed E-state index contributed by atoms with van der Waals surface area (Å²) < 4.78 is 40.0. The first-order chi connectivity index (χ1) is 17.1. The fourth-order valence-corrected chi connectivity index (χ4v) is 7.49. The average molecular weight is 504 g/mol. The van der Waals surface area contributed by atoms with Crippen LogP contribution in [0.1, 0.15) is 91.8 Å². The molecule has 0 radical (unpaired) electrons. The number of rotatable bonds is 7. The van der Waals surface area contributed by atoms with Crippen LogP contribution in [0.3, 0.4) is 0 Å². The third kappa shape index (κ3) is 4.52. The lowest BCUT2D eigenvalue weighted by Gasteiger charge is -2.59. The van der Waals surface area contributed by atoms with Crippen molar-refractivity contribution in [1.29, 1.82) is 0 Å². The maximum Gasteiger partial charge on any atom is 0.338 e. The molecule has 6 nitrogen and oxygen atoms in total. The Labute approximate surface area is 209 Å². The summed E-state index contributed by atoms with van der Waals surface area (Å²) in [5.74, 6) is -6.90. The smallest absolute Gasteiger partial charge is 0.338 e. The first kappa shape index (κ1) is 25.2. The standard InChI is InChI=1S/C28H34F2O6/c1-27(21-12-16-11-17(14-21)15-22(27)13-16)36-25(32)20-9-7-19(8-10-20)24(31)35-23(28(29,30)26(33)34)18-5-3-2-4-6-18/h7-10,16-18,21-23H,2-6,11-15H2,1H3,(H,33,34)/p-1. The van der Waals surface area contributed by atoms with E-state index in [0.29, 0.717) is 37.5 Å². The number of benzene rings is 1. The number of hydrogen-bond donors (Lipinski definition) is 0. The molecule has 1 aromatic rings. The van der Waals surface area contributed by atoms with Crippen molar-refractivity contribution >= 4 is 17.9 Å². The minimum absolute atomic E-state index is 0.0395. The SMILES string of the molecule is CC1(OC(=O)c2ccc(C(=O)OC(C3CCCCC3)C(F)(F)C(=O)[O-])cc2)C2CC3CC(C2)CC1C3. The highest BCUT2D eigenvalue weighted by molar-refractivity contribution is 5.93. The minimum atomic E-state index is -4.30. The van der Waals surface area contributed by atoms with Gasteiger partial charge in [0.05, 0.1) is 11.1 Å². The van der Waals surface area contributed by atoms with Gasteiger partial charge in [0.1, 0.15) is 11.6 Å². The molecule has 5 aliphatic rings. The van der Waals surface area contributed by atoms with Crippen molar-refractivity contribution < 1.29 is 37.7 Å². The number of halogens is 2. The fraction of sp³-hybridized carbons (Fsp3) is 0.679. The zero-order valence-electron chi connectivity index (χ0n) is 20.5. The lowest BCUT2D eigenvalue weighted by molar-refractivity contribution is -0.337. The van der Waals surface area contributed by atoms with E-state index in [2.05, 4.69) is 0 Å². The normalized spacial score (nSPS) is 32.6. The van der Waals surface area contributed by atoms with E-state index in [4.69, 9.17) is 9.47 Å². The first-order valence-electron chi connectivity index (χ1n) is 13.2. The summed E-state index contributed by atoms with van der Waals surface area (Å²) in [5, 5.41) is 11.1. The maximum absolute atomic E-state index is 14.4. The van der Waals surface area contributed by atoms with Gasteiger partial charge in [-0.3, -0.25) is 0 Å². The third-order valence-corrected chi connectivity index (χ3v) is 9.37. The molecule has 5 saturated carbocycles. The second-order valence-corrected chi connectivity index (χ2v) is 11.6. The van der Waals surface area contributed by atoms with Crippen molar-refractivity contribution in [2.45, 2.75) is 88.8 Å². The van der Waals surface area contributed by atoms with Crippen LogP contribution in [0.5, 0.6) is 0 Å². The Morgan fingerprint density at radius 2 is 1.39 bits per heavy atom. The molecule has 0 saturated heterocycles. The molecule has 4 bridgehead atoms. The molecule has 196 valence electrons. The zero-order valence-corrected chi connectivity index (χ0v) is 20.5. The topological polar surface area (TPSA) is 92.7 Å². The van der Waals surface area contributed by atoms with E-state index in [1.54, 1.807) is 0 Å². The van der Waals surface area contributed by atoms with Crippen LogP contribution < -0.4 is 5.11 Å². The number of carboxylic acid groups (broad SMARTS) is 1. The van der Waals surface area contributed by atoms with Gasteiger partial charge in [-0.15, -0.1) is 0 Å². The van der Waals surface area contributed by atoms with E-state index in [0.717, 1.165) is 43.9 Å². The van der Waals surface area contributed by atoms with Crippen LogP contribution in [0.15, 0.2) is 24.3 Å². The van der Waals surface area contributed by atoms with Gasteiger partial charge >= 0.3 is 17.9 Å². The van der Waals surface area contributed by atoms with E-state index in [9.17, 15) is 28.3 Å². The van der Waals surface area contributed by atoms with Crippen LogP contribution in [0, 0.1) is 29.6 Å². The van der Waals surface area contributed by atoms with Gasteiger partial charge in [0.25, 0.3) is 0 Å². The third-order valence-electron chi connectivity index (χ3n) is 9.37. The Bertz CT molecular complexity index is 985. The van der Waals surface area contributed by atoms with Crippen molar-refractivity contribution in [3.8, 4) is 0 Å². The summed E-state index contributed by atoms with van der Waals surface area (Å²) in [6.07, 6.45) is 6.50. The van der Waals surface area contributed by atoms with Gasteiger partial charge in [-0.1, -0.05) is 19.3 Å². The molecular formula is C28H33F2O6-. The molecular weight excluding hydrogens is 470 g/mol. The van der Waals surface area contributed by atoms with E-state index < -0.39 is 41.5 Å². The van der Waals surface area contributed by atoms with Crippen molar-refractivity contribution in [3.05, 3.63) is 35.4 Å². The quantitative estimate of drug-likeness (QED) is 0.507. The van der Waals surface area contributed by atoms with Gasteiger partial charge in [-0.05, 0) is 99.8 Å². The summed E-state index contributed by atoms with van der Waals surface area (Å²) in [7, 11) is 0. The lowest BCUT2D eigenvalue weighted by Crippen LogP contribution is -2.58. The molecule has 6 rings (SSSR count). The van der Waals surface area contributed by atoms with Crippen LogP contribution >= 0.6 is 0 Å². The number of esters is 2. The monoisotopic (exact) mass is 503 g/mol. The number of carboxylic acids is 1. The average Bonchev–Trinajstić information content (AvgIpc) is 2.85. The predicted octanol–water partition coefficient (Wildman–Crippen LogP) is 4.55. The van der Waals surface area contributed by atoms with E-state index in [-0.39, 0.29) is 11.1 Å². The molecule has 5 fully saturated rings. The van der Waals surface area contributed by atoms with Crippen LogP contribution in [0.25, 0.3) is 0 Å². The highest BCUT2D eigenvalue weighted by Gasteiger charge is 2.57. The van der Waals surface area contributed by atoms with Crippen molar-refractivity contribution in [2.75, 3.05) is 0 Å². The maximum atomic E-state index is 14.4. The second kappa shape index (κ2) is 9.42. The molecule has 1 atom stereocenters. The van der Waals surface area contributed by atoms with Gasteiger partial charge in [-0.25, -0.2) is 9.59 Å². The number of carbonyl (C=O) groups is 3. The second-order valence-electron chi connectivity index (χ2n) is 11.6. The van der Waals surface area contributed by atoms with Gasteiger partial charge < -0.3 is 19.4 Å². The lowest BCUT2D eigenvalue weighted by atomic mass is 9.50. The molecule has 0 aliphatic heterocycles. The van der Waals surface area contributed by atoms with Crippen LogP contribution in [-0.2, 0) is 14.3 Å². The Morgan fingerprint density at radius 3 is 1.89 bits per heavy atom. The summed E-state index contributed by atoms with van der Waals surface area (Å²) in [5.41, 5.74) is -0.265. The summed E-state index contributed by atoms with van der Waals surface area (Å²) >= 11 is 0. The number of alkyl halides is 2. The zero-order chi connectivity index (χ0) is 25.7. The number of aliphatic carboxylic acids is 1. The molecule has 8 heteroatoms. The molecule has 0 amide bonds. The summed E-state index contributed by atoms with van der Waals surface area (Å²) in [4.78, 5) is 36.8. The molecule has 0 aromatic heterocycles. The highest BCUT2D eigenvalue weighted by Crippen LogP contribution is 2.59. The van der Waals surface area contributed by atoms with Gasteiger partial charge in [-0.2, -0.15) is 8.78 Å². The van der Waals surface area contributed by atoms with Crippen LogP contribution in [0.2, 0.25) is 0 Å². The Hall–Kier alpha value is -2.51. The molecule has 0 N–H and O–H groups in total. The van der Waals surface area contributed by atoms with Crippen LogP contribution in [0.4, 0.5) is 8.78 Å². The van der Waals surface area contributed by atoms with E-state index in [1.807, 2.05) is 6.92 Å². The highest BCUT2D eigenvalue weighted by atomic mass is 19.3. The molecule has 5 aliphatic carbocycles. The van der Waals surface area contributed by atoms with Gasteiger partial charge in [0.2, 0.25) is 0 Å². The summed E-state index contributed by atoms with van der Waals surface area (Å²) in [6.45, 7) is 2.05. The Morgan fingerprint density at radius 1 is 0.889 bits per heavy atom. The predicted molar refractivity (Wildman–Crippen MR) is 123 cm³/mol. The van der Waals surface area contributed by atoms with Crippen LogP contribution in [-0.4, -0.2) is 35.5 Å². The number of hydrogen-bond acceptors (Lipinski definition) is 6. The van der Waals surface area contributed by atoms with Crippen molar-refractivity contribution in [1.82, 2.24) is 0 Å². The summed E-state index contributed by atoms with van der Waals surface area (Å²) in [6, 6.07) is 5.50. The molecule has 1 unspecified atom stereocenters. The largest absolute Gasteiger partial charge is 0.544 e. The van der Waals surface area contributed by atoms with Crippen molar-refractivity contribution in [3.63, 3.8) is 0 Å². The minimum Gasteiger partial charge on any atom is -0.544 e. The first-order valence-corrected chi connectivity index (χ1v) is 13.2. The Kier molecular flexibility index (Phi) is 6.58. The van der Waals surface area contributed by atoms with E-state index >= 15 is 0 Å². The molecule has 36 heavy (non-hydrogen) atoms.